The number of nitrogens with two attached hydrogens (primary N) is 2. The van der Waals surface area contributed by atoms with Gasteiger partial charge in [0.2, 0.25) is 17.7 Å². The third-order valence-electron chi connectivity index (χ3n) is 3.19. The van der Waals surface area contributed by atoms with E-state index < -0.39 is 39.2 Å². The topological polar surface area (TPSA) is 155 Å². The molecule has 0 aliphatic rings. The molecule has 0 aliphatic heterocycles. The summed E-state index contributed by atoms with van der Waals surface area (Å²) in [5.74, 6) is 3.08. The zero-order valence-electron chi connectivity index (χ0n) is 14.6. The van der Waals surface area contributed by atoms with Gasteiger partial charge < -0.3 is 25.8 Å². The Kier molecular flexibility index (Phi) is 6.35. The number of sulfonamides is 1. The van der Waals surface area contributed by atoms with Crippen LogP contribution in [0, 0.1) is 0 Å². The Hall–Kier alpha value is -3.42. The first-order valence-electron chi connectivity index (χ1n) is 7.34. The van der Waals surface area contributed by atoms with Crippen LogP contribution in [0.2, 0.25) is 0 Å². The van der Waals surface area contributed by atoms with Gasteiger partial charge in [-0.15, -0.1) is 5.10 Å². The number of ether oxygens (including phenoxy) is 3. The Balaban J connectivity index is 2.71. The molecule has 0 aliphatic carbocycles. The van der Waals surface area contributed by atoms with Gasteiger partial charge in [-0.3, -0.25) is 0 Å². The fourth-order valence-corrected chi connectivity index (χ4v) is 3.44. The number of anilines is 1. The molecule has 0 radical (unpaired) electrons. The molecule has 0 saturated carbocycles. The van der Waals surface area contributed by atoms with E-state index in [0.717, 1.165) is 12.1 Å². The quantitative estimate of drug-likeness (QED) is 0.283. The first kappa shape index (κ1) is 20.9. The lowest BCUT2D eigenvalue weighted by molar-refractivity contribution is -0.0517. The number of benzene rings is 1. The largest absolute Gasteiger partial charge is 0.481 e. The Morgan fingerprint density at radius 1 is 1.18 bits per heavy atom. The number of aromatic nitrogens is 2. The van der Waals surface area contributed by atoms with E-state index in [0.29, 0.717) is 4.31 Å². The predicted octanol–water partition coefficient (Wildman–Crippen LogP) is 0.479. The van der Waals surface area contributed by atoms with Crippen LogP contribution in [0.4, 0.5) is 14.7 Å². The molecule has 0 spiro atoms. The van der Waals surface area contributed by atoms with E-state index in [1.54, 1.807) is 0 Å². The maximum atomic E-state index is 13.2. The third-order valence-corrected chi connectivity index (χ3v) is 4.92. The van der Waals surface area contributed by atoms with Crippen LogP contribution in [-0.2, 0) is 10.0 Å². The van der Waals surface area contributed by atoms with Gasteiger partial charge in [-0.05, 0) is 12.1 Å². The van der Waals surface area contributed by atoms with Gasteiger partial charge in [0.05, 0.1) is 20.3 Å². The van der Waals surface area contributed by atoms with Gasteiger partial charge in [0, 0.05) is 0 Å². The molecule has 4 N–H and O–H groups in total. The zero-order valence-corrected chi connectivity index (χ0v) is 15.4. The molecule has 0 bridgehead atoms. The second kappa shape index (κ2) is 8.51. The second-order valence-corrected chi connectivity index (χ2v) is 6.59. The van der Waals surface area contributed by atoms with Crippen molar-refractivity contribution in [2.24, 2.45) is 16.7 Å². The molecule has 2 aromatic rings. The summed E-state index contributed by atoms with van der Waals surface area (Å²) in [5.41, 5.74) is 5.63. The number of halogens is 2. The lowest BCUT2D eigenvalue weighted by Gasteiger charge is -2.22. The maximum Gasteiger partial charge on any atom is 0.387 e. The highest BCUT2D eigenvalue weighted by Crippen LogP contribution is 2.31. The molecule has 11 nitrogen and oxygen atoms in total. The first-order chi connectivity index (χ1) is 13.2. The van der Waals surface area contributed by atoms with Gasteiger partial charge in [-0.2, -0.15) is 23.1 Å². The van der Waals surface area contributed by atoms with Crippen LogP contribution in [0.25, 0.3) is 0 Å². The summed E-state index contributed by atoms with van der Waals surface area (Å²) in [6.07, 6.45) is 0. The third kappa shape index (κ3) is 4.28. The first-order valence-corrected chi connectivity index (χ1v) is 8.78. The lowest BCUT2D eigenvalue weighted by atomic mass is 10.3. The SMILES string of the molecule is COc1cc(OC)nc(N(C(N)=NN)S(=O)(=O)c2ccccc2OC(F)F)n1. The molecule has 28 heavy (non-hydrogen) atoms. The lowest BCUT2D eigenvalue weighted by Crippen LogP contribution is -2.44. The fourth-order valence-electron chi connectivity index (χ4n) is 2.03. The number of hydrogen-bond acceptors (Lipinski definition) is 9. The number of rotatable bonds is 7. The van der Waals surface area contributed by atoms with E-state index in [2.05, 4.69) is 19.8 Å². The smallest absolute Gasteiger partial charge is 0.387 e. The standard InChI is InChI=1S/C14H16F2N6O5S/c1-25-10-7-11(26-2)20-14(19-10)22(13(17)21-18)28(23,24)9-6-4-3-5-8(9)27-12(15)16/h3-7,12H,18H2,1-2H3,(H2,17,21). The van der Waals surface area contributed by atoms with Crippen molar-refractivity contribution in [3.05, 3.63) is 30.3 Å². The molecule has 0 atom stereocenters. The summed E-state index contributed by atoms with van der Waals surface area (Å²) in [6.45, 7) is -3.27. The number of hydrogen-bond donors (Lipinski definition) is 2. The molecule has 0 fully saturated rings. The Morgan fingerprint density at radius 3 is 2.25 bits per heavy atom. The summed E-state index contributed by atoms with van der Waals surface area (Å²) >= 11 is 0. The second-order valence-electron chi connectivity index (χ2n) is 4.83. The van der Waals surface area contributed by atoms with Crippen LogP contribution in [-0.4, -0.2) is 45.2 Å². The molecule has 152 valence electrons. The minimum atomic E-state index is -4.69. The van der Waals surface area contributed by atoms with Gasteiger partial charge in [0.1, 0.15) is 10.6 Å². The Morgan fingerprint density at radius 2 is 1.75 bits per heavy atom. The minimum Gasteiger partial charge on any atom is -0.481 e. The minimum absolute atomic E-state index is 0.0658. The Bertz CT molecular complexity index is 950. The molecule has 2 rings (SSSR count). The number of para-hydroxylation sites is 1. The van der Waals surface area contributed by atoms with Gasteiger partial charge in [0.15, 0.2) is 0 Å². The van der Waals surface area contributed by atoms with Crippen molar-refractivity contribution < 1.29 is 31.4 Å². The zero-order chi connectivity index (χ0) is 20.9. The summed E-state index contributed by atoms with van der Waals surface area (Å²) in [7, 11) is -2.14. The number of alkyl halides is 2. The number of guanidine groups is 1. The number of hydrazone groups is 1. The molecular weight excluding hydrogens is 402 g/mol. The van der Waals surface area contributed by atoms with Crippen LogP contribution < -0.4 is 30.1 Å². The van der Waals surface area contributed by atoms with Crippen molar-refractivity contribution in [2.75, 3.05) is 18.5 Å². The van der Waals surface area contributed by atoms with Gasteiger partial charge in [-0.1, -0.05) is 12.1 Å². The van der Waals surface area contributed by atoms with Gasteiger partial charge in [-0.25, -0.2) is 8.42 Å². The molecular formula is C14H16F2N6O5S. The molecule has 1 aromatic carbocycles. The van der Waals surface area contributed by atoms with Crippen LogP contribution in [0.1, 0.15) is 0 Å². The van der Waals surface area contributed by atoms with Crippen molar-refractivity contribution in [1.82, 2.24) is 9.97 Å². The summed E-state index contributed by atoms with van der Waals surface area (Å²) in [5, 5.41) is 3.15. The van der Waals surface area contributed by atoms with Crippen LogP contribution in [0.5, 0.6) is 17.5 Å². The Labute approximate surface area is 158 Å². The van der Waals surface area contributed by atoms with E-state index in [-0.39, 0.29) is 11.8 Å². The number of nitrogens with zero attached hydrogens (tertiary/aromatic N) is 4. The molecule has 14 heteroatoms. The summed E-state index contributed by atoms with van der Waals surface area (Å²) in [4.78, 5) is 7.11. The highest BCUT2D eigenvalue weighted by atomic mass is 32.2. The highest BCUT2D eigenvalue weighted by Gasteiger charge is 2.34. The summed E-state index contributed by atoms with van der Waals surface area (Å²) in [6, 6.07) is 5.96. The molecule has 1 aromatic heterocycles. The van der Waals surface area contributed by atoms with E-state index in [4.69, 9.17) is 21.1 Å². The monoisotopic (exact) mass is 418 g/mol. The van der Waals surface area contributed by atoms with Crippen molar-refractivity contribution in [2.45, 2.75) is 11.5 Å². The highest BCUT2D eigenvalue weighted by molar-refractivity contribution is 7.93. The van der Waals surface area contributed by atoms with Crippen LogP contribution in [0.15, 0.2) is 40.3 Å². The average molecular weight is 418 g/mol. The van der Waals surface area contributed by atoms with E-state index in [9.17, 15) is 17.2 Å². The van der Waals surface area contributed by atoms with Crippen LogP contribution in [0.3, 0.4) is 0 Å². The summed E-state index contributed by atoms with van der Waals surface area (Å²) < 4.78 is 66.2. The molecule has 1 heterocycles. The number of methoxy groups -OCH3 is 2. The van der Waals surface area contributed by atoms with E-state index >= 15 is 0 Å². The normalized spacial score (nSPS) is 12.0. The van der Waals surface area contributed by atoms with Crippen molar-refractivity contribution in [3.63, 3.8) is 0 Å². The molecule has 0 amide bonds. The molecule has 0 unspecified atom stereocenters. The average Bonchev–Trinajstić information content (AvgIpc) is 2.67. The van der Waals surface area contributed by atoms with Gasteiger partial charge in [0.25, 0.3) is 16.0 Å². The maximum absolute atomic E-state index is 13.2. The fraction of sp³-hybridized carbons (Fsp3) is 0.214. The predicted molar refractivity (Wildman–Crippen MR) is 93.7 cm³/mol. The molecule has 0 saturated heterocycles. The van der Waals surface area contributed by atoms with E-state index in [1.165, 1.54) is 32.4 Å². The van der Waals surface area contributed by atoms with Crippen molar-refractivity contribution in [3.8, 4) is 17.5 Å². The van der Waals surface area contributed by atoms with Crippen LogP contribution >= 0.6 is 0 Å². The van der Waals surface area contributed by atoms with E-state index in [1.807, 2.05) is 0 Å². The van der Waals surface area contributed by atoms with Crippen molar-refractivity contribution in [1.29, 1.82) is 0 Å². The van der Waals surface area contributed by atoms with Gasteiger partial charge >= 0.3 is 6.61 Å². The van der Waals surface area contributed by atoms with Crippen molar-refractivity contribution >= 4 is 21.9 Å².